The minimum absolute atomic E-state index is 0.0347. The van der Waals surface area contributed by atoms with Crippen LogP contribution in [0.3, 0.4) is 0 Å². The van der Waals surface area contributed by atoms with Crippen LogP contribution in [0.4, 0.5) is 11.4 Å². The number of carbonyl (C=O) groups excluding carboxylic acids is 3. The Labute approximate surface area is 176 Å². The van der Waals surface area contributed by atoms with E-state index in [0.717, 1.165) is 4.90 Å². The Bertz CT molecular complexity index is 1060. The van der Waals surface area contributed by atoms with Crippen LogP contribution in [-0.2, 0) is 4.79 Å². The van der Waals surface area contributed by atoms with Gasteiger partial charge in [0, 0.05) is 24.7 Å². The van der Waals surface area contributed by atoms with Gasteiger partial charge in [0.1, 0.15) is 5.56 Å². The largest absolute Gasteiger partial charge is 0.478 e. The SMILES string of the molecule is O=C(CCCCCN1C(=O)c2cccc([N+](=O)[O-])c2C1=O)Nc1ccc(C(=O)O)cc1. The number of nitrogens with zero attached hydrogens (tertiary/aromatic N) is 2. The maximum atomic E-state index is 12.5. The fourth-order valence-electron chi connectivity index (χ4n) is 3.32. The van der Waals surface area contributed by atoms with Crippen LogP contribution in [0, 0.1) is 10.1 Å². The molecule has 0 unspecified atom stereocenters. The standard InChI is InChI=1S/C21H19N3O7/c25-17(22-14-10-8-13(9-11-14)21(28)29)7-2-1-3-12-23-19(26)15-5-4-6-16(24(30)31)18(15)20(23)27/h4-6,8-11H,1-3,7,12H2,(H,22,25)(H,28,29). The zero-order chi connectivity index (χ0) is 22.5. The molecule has 1 heterocycles. The maximum Gasteiger partial charge on any atom is 0.335 e. The number of benzene rings is 2. The summed E-state index contributed by atoms with van der Waals surface area (Å²) in [5, 5.41) is 22.6. The highest BCUT2D eigenvalue weighted by molar-refractivity contribution is 6.23. The number of imide groups is 1. The summed E-state index contributed by atoms with van der Waals surface area (Å²) in [5.41, 5.74) is 0.0869. The second-order valence-electron chi connectivity index (χ2n) is 6.96. The quantitative estimate of drug-likeness (QED) is 0.271. The topological polar surface area (TPSA) is 147 Å². The number of nitro groups is 1. The first-order valence-electron chi connectivity index (χ1n) is 9.56. The third kappa shape index (κ3) is 4.74. The second kappa shape index (κ2) is 9.16. The minimum atomic E-state index is -1.05. The first-order chi connectivity index (χ1) is 14.8. The van der Waals surface area contributed by atoms with Crippen molar-refractivity contribution < 1.29 is 29.2 Å². The van der Waals surface area contributed by atoms with E-state index in [1.165, 1.54) is 42.5 Å². The van der Waals surface area contributed by atoms with E-state index in [-0.39, 0.29) is 41.3 Å². The fourth-order valence-corrected chi connectivity index (χ4v) is 3.32. The molecule has 0 radical (unpaired) electrons. The summed E-state index contributed by atoms with van der Waals surface area (Å²) in [6.07, 6.45) is 1.76. The van der Waals surface area contributed by atoms with Gasteiger partial charge in [-0.2, -0.15) is 0 Å². The third-order valence-corrected chi connectivity index (χ3v) is 4.87. The van der Waals surface area contributed by atoms with Crippen LogP contribution in [0.15, 0.2) is 42.5 Å². The van der Waals surface area contributed by atoms with E-state index in [1.807, 2.05) is 0 Å². The minimum Gasteiger partial charge on any atom is -0.478 e. The number of carboxylic acids is 1. The summed E-state index contributed by atoms with van der Waals surface area (Å²) in [6.45, 7) is 0.113. The van der Waals surface area contributed by atoms with Crippen molar-refractivity contribution in [2.45, 2.75) is 25.7 Å². The maximum absolute atomic E-state index is 12.5. The highest BCUT2D eigenvalue weighted by Crippen LogP contribution is 2.30. The van der Waals surface area contributed by atoms with E-state index in [2.05, 4.69) is 5.32 Å². The van der Waals surface area contributed by atoms with E-state index in [0.29, 0.717) is 24.9 Å². The molecule has 10 heteroatoms. The Kier molecular flexibility index (Phi) is 6.39. The highest BCUT2D eigenvalue weighted by atomic mass is 16.6. The second-order valence-corrected chi connectivity index (χ2v) is 6.96. The number of hydrogen-bond acceptors (Lipinski definition) is 6. The summed E-state index contributed by atoms with van der Waals surface area (Å²) >= 11 is 0. The molecule has 1 aliphatic rings. The molecule has 0 aliphatic carbocycles. The smallest absolute Gasteiger partial charge is 0.335 e. The van der Waals surface area contributed by atoms with Gasteiger partial charge in [0.2, 0.25) is 5.91 Å². The summed E-state index contributed by atoms with van der Waals surface area (Å²) in [6, 6.07) is 9.76. The molecule has 0 fully saturated rings. The van der Waals surface area contributed by atoms with Crippen molar-refractivity contribution in [3.8, 4) is 0 Å². The zero-order valence-electron chi connectivity index (χ0n) is 16.4. The third-order valence-electron chi connectivity index (χ3n) is 4.87. The lowest BCUT2D eigenvalue weighted by molar-refractivity contribution is -0.385. The Balaban J connectivity index is 1.45. The van der Waals surface area contributed by atoms with Crippen LogP contribution in [0.5, 0.6) is 0 Å². The van der Waals surface area contributed by atoms with Crippen molar-refractivity contribution in [2.24, 2.45) is 0 Å². The van der Waals surface area contributed by atoms with Crippen LogP contribution < -0.4 is 5.32 Å². The van der Waals surface area contributed by atoms with Gasteiger partial charge in [0.15, 0.2) is 0 Å². The van der Waals surface area contributed by atoms with Gasteiger partial charge in [-0.25, -0.2) is 4.79 Å². The molecule has 3 amide bonds. The summed E-state index contributed by atoms with van der Waals surface area (Å²) in [4.78, 5) is 59.1. The molecule has 3 rings (SSSR count). The lowest BCUT2D eigenvalue weighted by atomic mass is 10.1. The molecule has 0 bridgehead atoms. The normalized spacial score (nSPS) is 12.6. The fraction of sp³-hybridized carbons (Fsp3) is 0.238. The van der Waals surface area contributed by atoms with Crippen LogP contribution in [0.2, 0.25) is 0 Å². The van der Waals surface area contributed by atoms with Crippen LogP contribution >= 0.6 is 0 Å². The van der Waals surface area contributed by atoms with Gasteiger partial charge in [-0.3, -0.25) is 29.4 Å². The number of rotatable bonds is 9. The Hall–Kier alpha value is -4.08. The molecule has 0 aromatic heterocycles. The van der Waals surface area contributed by atoms with Gasteiger partial charge in [-0.05, 0) is 43.2 Å². The highest BCUT2D eigenvalue weighted by Gasteiger charge is 2.40. The zero-order valence-corrected chi connectivity index (χ0v) is 16.4. The lowest BCUT2D eigenvalue weighted by Crippen LogP contribution is -2.30. The number of fused-ring (bicyclic) bond motifs is 1. The molecule has 1 aliphatic heterocycles. The molecular weight excluding hydrogens is 406 g/mol. The number of carboxylic acid groups (broad SMARTS) is 1. The average molecular weight is 425 g/mol. The van der Waals surface area contributed by atoms with E-state index in [9.17, 15) is 29.3 Å². The van der Waals surface area contributed by atoms with Gasteiger partial charge in [-0.15, -0.1) is 0 Å². The van der Waals surface area contributed by atoms with Gasteiger partial charge in [0.25, 0.3) is 17.5 Å². The predicted octanol–water partition coefficient (Wildman–Crippen LogP) is 3.09. The number of carbonyl (C=O) groups is 4. The molecule has 0 saturated carbocycles. The van der Waals surface area contributed by atoms with Gasteiger partial charge in [-0.1, -0.05) is 12.5 Å². The molecule has 0 spiro atoms. The lowest BCUT2D eigenvalue weighted by Gasteiger charge is -2.13. The molecular formula is C21H19N3O7. The molecule has 31 heavy (non-hydrogen) atoms. The number of anilines is 1. The van der Waals surface area contributed by atoms with Gasteiger partial charge in [0.05, 0.1) is 16.1 Å². The van der Waals surface area contributed by atoms with E-state index in [4.69, 9.17) is 5.11 Å². The molecule has 160 valence electrons. The van der Waals surface area contributed by atoms with Crippen molar-refractivity contribution in [1.29, 1.82) is 0 Å². The molecule has 2 aromatic carbocycles. The van der Waals surface area contributed by atoms with Crippen molar-refractivity contribution in [1.82, 2.24) is 4.90 Å². The Morgan fingerprint density at radius 3 is 2.35 bits per heavy atom. The molecule has 10 nitrogen and oxygen atoms in total. The monoisotopic (exact) mass is 425 g/mol. The Morgan fingerprint density at radius 1 is 1.00 bits per heavy atom. The summed E-state index contributed by atoms with van der Waals surface area (Å²) in [5.74, 6) is -2.51. The number of unbranched alkanes of at least 4 members (excludes halogenated alkanes) is 2. The number of nitro benzene ring substituents is 1. The first kappa shape index (κ1) is 21.6. The van der Waals surface area contributed by atoms with Crippen molar-refractivity contribution in [3.05, 3.63) is 69.3 Å². The molecule has 0 atom stereocenters. The Morgan fingerprint density at radius 2 is 1.71 bits per heavy atom. The number of hydrogen-bond donors (Lipinski definition) is 2. The molecule has 2 N–H and O–H groups in total. The summed E-state index contributed by atoms with van der Waals surface area (Å²) < 4.78 is 0. The van der Waals surface area contributed by atoms with Crippen molar-refractivity contribution >= 4 is 35.1 Å². The number of nitrogens with one attached hydrogen (secondary N) is 1. The van der Waals surface area contributed by atoms with Gasteiger partial charge >= 0.3 is 5.97 Å². The van der Waals surface area contributed by atoms with Crippen LogP contribution in [0.1, 0.15) is 56.8 Å². The van der Waals surface area contributed by atoms with Crippen molar-refractivity contribution in [3.63, 3.8) is 0 Å². The van der Waals surface area contributed by atoms with Crippen molar-refractivity contribution in [2.75, 3.05) is 11.9 Å². The van der Waals surface area contributed by atoms with E-state index < -0.39 is 22.7 Å². The number of amides is 3. The van der Waals surface area contributed by atoms with E-state index >= 15 is 0 Å². The predicted molar refractivity (Wildman–Crippen MR) is 109 cm³/mol. The van der Waals surface area contributed by atoms with Crippen LogP contribution in [-0.4, -0.2) is 45.2 Å². The number of aromatic carboxylic acids is 1. The molecule has 0 saturated heterocycles. The van der Waals surface area contributed by atoms with E-state index in [1.54, 1.807) is 0 Å². The molecule has 2 aromatic rings. The first-order valence-corrected chi connectivity index (χ1v) is 9.56. The van der Waals surface area contributed by atoms with Crippen LogP contribution in [0.25, 0.3) is 0 Å². The summed E-state index contributed by atoms with van der Waals surface area (Å²) in [7, 11) is 0. The van der Waals surface area contributed by atoms with Gasteiger partial charge < -0.3 is 10.4 Å². The average Bonchev–Trinajstić information content (AvgIpc) is 2.98.